The van der Waals surface area contributed by atoms with Crippen molar-refractivity contribution in [3.8, 4) is 0 Å². The maximum absolute atomic E-state index is 11.2. The van der Waals surface area contributed by atoms with Crippen molar-refractivity contribution in [2.45, 2.75) is 38.2 Å². The van der Waals surface area contributed by atoms with E-state index in [1.54, 1.807) is 0 Å². The summed E-state index contributed by atoms with van der Waals surface area (Å²) in [6.07, 6.45) is 4.88. The second-order valence-electron chi connectivity index (χ2n) is 5.77. The van der Waals surface area contributed by atoms with E-state index in [1.165, 1.54) is 12.8 Å². The van der Waals surface area contributed by atoms with Crippen LogP contribution in [-0.4, -0.2) is 18.1 Å². The molecule has 0 aliphatic heterocycles. The minimum atomic E-state index is -0.217. The molecule has 0 amide bonds. The van der Waals surface area contributed by atoms with Crippen molar-refractivity contribution in [3.05, 3.63) is 0 Å². The van der Waals surface area contributed by atoms with Crippen molar-refractivity contribution >= 4 is 5.97 Å². The van der Waals surface area contributed by atoms with E-state index in [2.05, 4.69) is 6.92 Å². The highest BCUT2D eigenvalue weighted by Crippen LogP contribution is 2.68. The molecule has 0 saturated heterocycles. The first-order chi connectivity index (χ1) is 7.14. The molecule has 3 rings (SSSR count). The summed E-state index contributed by atoms with van der Waals surface area (Å²) in [5, 5.41) is 0. The van der Waals surface area contributed by atoms with E-state index in [1.807, 2.05) is 0 Å². The van der Waals surface area contributed by atoms with Crippen LogP contribution in [0.4, 0.5) is 0 Å². The Morgan fingerprint density at radius 1 is 1.40 bits per heavy atom. The van der Waals surface area contributed by atoms with E-state index in [9.17, 15) is 4.79 Å². The van der Waals surface area contributed by atoms with Crippen molar-refractivity contribution in [1.29, 1.82) is 0 Å². The molecule has 84 valence electrons. The topological polar surface area (TPSA) is 52.3 Å². The lowest BCUT2D eigenvalue weighted by Gasteiger charge is -2.69. The Labute approximate surface area is 90.4 Å². The van der Waals surface area contributed by atoms with Crippen LogP contribution in [-0.2, 0) is 9.53 Å². The lowest BCUT2D eigenvalue weighted by Crippen LogP contribution is -2.70. The monoisotopic (exact) mass is 209 g/mol. The third-order valence-corrected chi connectivity index (χ3v) is 4.73. The summed E-state index contributed by atoms with van der Waals surface area (Å²) in [5.41, 5.74) is 5.23. The van der Waals surface area contributed by atoms with Gasteiger partial charge in [-0.05, 0) is 43.4 Å². The van der Waals surface area contributed by atoms with E-state index < -0.39 is 0 Å². The second kappa shape index (κ2) is 2.97. The molecule has 0 bridgehead atoms. The van der Waals surface area contributed by atoms with Crippen LogP contribution >= 0.6 is 0 Å². The lowest BCUT2D eigenvalue weighted by molar-refractivity contribution is -0.278. The Morgan fingerprint density at radius 3 is 2.53 bits per heavy atom. The van der Waals surface area contributed by atoms with Crippen LogP contribution in [0.2, 0.25) is 0 Å². The molecule has 15 heavy (non-hydrogen) atoms. The Bertz CT molecular complexity index is 286. The van der Waals surface area contributed by atoms with Gasteiger partial charge in [0.25, 0.3) is 0 Å². The number of nitrogens with two attached hydrogens (primary N) is 1. The number of rotatable bonds is 2. The molecule has 3 saturated carbocycles. The van der Waals surface area contributed by atoms with Gasteiger partial charge in [-0.2, -0.15) is 0 Å². The molecule has 0 spiro atoms. The molecular weight excluding hydrogens is 190 g/mol. The number of carbonyl (C=O) groups excluding carboxylic acids is 1. The van der Waals surface area contributed by atoms with Crippen LogP contribution in [0.15, 0.2) is 0 Å². The first-order valence-electron chi connectivity index (χ1n) is 6.06. The van der Waals surface area contributed by atoms with Crippen molar-refractivity contribution in [3.63, 3.8) is 0 Å². The first kappa shape index (κ1) is 9.64. The lowest BCUT2D eigenvalue weighted by atomic mass is 9.39. The van der Waals surface area contributed by atoms with E-state index in [-0.39, 0.29) is 18.1 Å². The Kier molecular flexibility index (Phi) is 1.91. The van der Waals surface area contributed by atoms with Gasteiger partial charge in [0.2, 0.25) is 0 Å². The number of esters is 1. The molecule has 0 aromatic rings. The fourth-order valence-electron chi connectivity index (χ4n) is 4.43. The molecule has 2 atom stereocenters. The highest BCUT2D eigenvalue weighted by molar-refractivity contribution is 5.72. The molecule has 0 aromatic heterocycles. The summed E-state index contributed by atoms with van der Waals surface area (Å²) < 4.78 is 5.53. The van der Waals surface area contributed by atoms with Gasteiger partial charge in [0, 0.05) is 5.92 Å². The van der Waals surface area contributed by atoms with Gasteiger partial charge in [0.15, 0.2) is 0 Å². The largest absolute Gasteiger partial charge is 0.458 e. The summed E-state index contributed by atoms with van der Waals surface area (Å²) in [6.45, 7) is 2.38. The van der Waals surface area contributed by atoms with Gasteiger partial charge in [-0.15, -0.1) is 0 Å². The Morgan fingerprint density at radius 2 is 2.00 bits per heavy atom. The molecule has 0 radical (unpaired) electrons. The summed E-state index contributed by atoms with van der Waals surface area (Å²) >= 11 is 0. The quantitative estimate of drug-likeness (QED) is 0.698. The molecule has 3 fully saturated rings. The van der Waals surface area contributed by atoms with Crippen LogP contribution in [0.25, 0.3) is 0 Å². The Hall–Kier alpha value is -0.570. The molecule has 0 heterocycles. The standard InChI is InChI=1S/C12H19NO2/c1-7-2-8-4-12(15-10(14)6-13)5-9(3-7)11(8)12/h7-9,11H,2-6,13H2,1H3. The normalized spacial score (nSPS) is 51.1. The first-order valence-corrected chi connectivity index (χ1v) is 6.06. The summed E-state index contributed by atoms with van der Waals surface area (Å²) in [5.74, 6) is 3.01. The molecule has 2 N–H and O–H groups in total. The van der Waals surface area contributed by atoms with Gasteiger partial charge in [-0.25, -0.2) is 0 Å². The average Bonchev–Trinajstić information content (AvgIpc) is 2.12. The molecule has 3 heteroatoms. The van der Waals surface area contributed by atoms with Crippen LogP contribution in [0.5, 0.6) is 0 Å². The molecule has 3 aliphatic carbocycles. The Balaban J connectivity index is 1.67. The van der Waals surface area contributed by atoms with Crippen LogP contribution in [0.3, 0.4) is 0 Å². The van der Waals surface area contributed by atoms with E-state index in [0.29, 0.717) is 5.92 Å². The fourth-order valence-corrected chi connectivity index (χ4v) is 4.43. The molecule has 3 aliphatic rings. The zero-order chi connectivity index (χ0) is 10.6. The second-order valence-corrected chi connectivity index (χ2v) is 5.77. The van der Waals surface area contributed by atoms with E-state index in [0.717, 1.165) is 30.6 Å². The third kappa shape index (κ3) is 1.19. The van der Waals surface area contributed by atoms with Gasteiger partial charge in [-0.3, -0.25) is 4.79 Å². The molecule has 2 unspecified atom stereocenters. The van der Waals surface area contributed by atoms with Gasteiger partial charge < -0.3 is 10.5 Å². The highest BCUT2D eigenvalue weighted by Gasteiger charge is 2.69. The SMILES string of the molecule is CC1CC2CC3(OC(=O)CN)CC(C1)C23. The molecule has 3 nitrogen and oxygen atoms in total. The number of hydrogen-bond acceptors (Lipinski definition) is 3. The molecular formula is C12H19NO2. The van der Waals surface area contributed by atoms with Gasteiger partial charge >= 0.3 is 5.97 Å². The third-order valence-electron chi connectivity index (χ3n) is 4.73. The summed E-state index contributed by atoms with van der Waals surface area (Å²) in [6, 6.07) is 0. The summed E-state index contributed by atoms with van der Waals surface area (Å²) in [7, 11) is 0. The van der Waals surface area contributed by atoms with E-state index >= 15 is 0 Å². The van der Waals surface area contributed by atoms with Crippen molar-refractivity contribution in [2.24, 2.45) is 29.4 Å². The van der Waals surface area contributed by atoms with Crippen molar-refractivity contribution < 1.29 is 9.53 Å². The van der Waals surface area contributed by atoms with Gasteiger partial charge in [0.1, 0.15) is 5.60 Å². The zero-order valence-corrected chi connectivity index (χ0v) is 9.24. The minimum absolute atomic E-state index is 0.0280. The maximum Gasteiger partial charge on any atom is 0.320 e. The van der Waals surface area contributed by atoms with Crippen LogP contribution < -0.4 is 5.73 Å². The van der Waals surface area contributed by atoms with Crippen molar-refractivity contribution in [2.75, 3.05) is 6.54 Å². The average molecular weight is 209 g/mol. The predicted molar refractivity (Wildman–Crippen MR) is 56.0 cm³/mol. The van der Waals surface area contributed by atoms with E-state index in [4.69, 9.17) is 10.5 Å². The zero-order valence-electron chi connectivity index (χ0n) is 9.24. The fraction of sp³-hybridized carbons (Fsp3) is 0.917. The highest BCUT2D eigenvalue weighted by atomic mass is 16.6. The smallest absolute Gasteiger partial charge is 0.320 e. The van der Waals surface area contributed by atoms with Crippen molar-refractivity contribution in [1.82, 2.24) is 0 Å². The molecule has 0 aromatic carbocycles. The van der Waals surface area contributed by atoms with Gasteiger partial charge in [-0.1, -0.05) is 6.92 Å². The summed E-state index contributed by atoms with van der Waals surface area (Å²) in [4.78, 5) is 11.2. The maximum atomic E-state index is 11.2. The number of carbonyl (C=O) groups is 1. The van der Waals surface area contributed by atoms with Crippen LogP contribution in [0, 0.1) is 23.7 Å². The predicted octanol–water partition coefficient (Wildman–Crippen LogP) is 1.31. The number of ether oxygens (including phenoxy) is 1. The van der Waals surface area contributed by atoms with Crippen LogP contribution in [0.1, 0.15) is 32.6 Å². The minimum Gasteiger partial charge on any atom is -0.458 e. The number of hydrogen-bond donors (Lipinski definition) is 1. The van der Waals surface area contributed by atoms with Gasteiger partial charge in [0.05, 0.1) is 6.54 Å².